The summed E-state index contributed by atoms with van der Waals surface area (Å²) in [5.74, 6) is -0.890. The molecule has 1 saturated heterocycles. The molecule has 1 aliphatic rings. The third kappa shape index (κ3) is 1.17. The molecule has 5 nitrogen and oxygen atoms in total. The fourth-order valence-electron chi connectivity index (χ4n) is 0.699. The van der Waals surface area contributed by atoms with E-state index in [1.165, 1.54) is 0 Å². The van der Waals surface area contributed by atoms with E-state index >= 15 is 0 Å². The molecule has 1 rings (SSSR count). The number of aliphatic hydroxyl groups is 3. The van der Waals surface area contributed by atoms with Gasteiger partial charge in [0.05, 0.1) is 6.61 Å². The summed E-state index contributed by atoms with van der Waals surface area (Å²) in [5, 5.41) is 26.2. The second kappa shape index (κ2) is 2.63. The van der Waals surface area contributed by atoms with Crippen molar-refractivity contribution in [1.82, 2.24) is 0 Å². The Kier molecular flexibility index (Phi) is 2.00. The molecule has 0 radical (unpaired) electrons. The molecule has 3 atom stereocenters. The maximum Gasteiger partial charge on any atom is 0.219 e. The molecule has 10 heavy (non-hydrogen) atoms. The number of aliphatic hydroxyl groups excluding tert-OH is 3. The van der Waals surface area contributed by atoms with E-state index in [0.29, 0.717) is 0 Å². The van der Waals surface area contributed by atoms with Gasteiger partial charge in [0.2, 0.25) is 12.1 Å². The molecule has 0 bridgehead atoms. The summed E-state index contributed by atoms with van der Waals surface area (Å²) in [4.78, 5) is 10.6. The number of hydrogen-bond donors (Lipinski definition) is 3. The maximum absolute atomic E-state index is 10.6. The van der Waals surface area contributed by atoms with Crippen molar-refractivity contribution in [1.29, 1.82) is 0 Å². The van der Waals surface area contributed by atoms with Crippen LogP contribution in [0.1, 0.15) is 0 Å². The minimum Gasteiger partial charge on any atom is -0.388 e. The molecule has 0 aromatic rings. The van der Waals surface area contributed by atoms with Crippen molar-refractivity contribution in [2.24, 2.45) is 0 Å². The Morgan fingerprint density at radius 1 is 1.40 bits per heavy atom. The summed E-state index contributed by atoms with van der Waals surface area (Å²) in [7, 11) is 0. The molecule has 1 fully saturated rings. The van der Waals surface area contributed by atoms with Gasteiger partial charge < -0.3 is 20.1 Å². The van der Waals surface area contributed by atoms with Crippen molar-refractivity contribution < 1.29 is 24.9 Å². The third-order valence-corrected chi connectivity index (χ3v) is 1.32. The van der Waals surface area contributed by atoms with E-state index in [1.807, 2.05) is 0 Å². The summed E-state index contributed by atoms with van der Waals surface area (Å²) >= 11 is 0. The van der Waals surface area contributed by atoms with Crippen molar-refractivity contribution in [2.45, 2.75) is 18.5 Å². The van der Waals surface area contributed by atoms with Gasteiger partial charge in [0, 0.05) is 0 Å². The Hall–Kier alpha value is -0.490. The van der Waals surface area contributed by atoms with Crippen LogP contribution in [0.3, 0.4) is 0 Å². The monoisotopic (exact) mass is 148 g/mol. The second-order valence-corrected chi connectivity index (χ2v) is 2.10. The smallest absolute Gasteiger partial charge is 0.219 e. The number of ether oxygens (including phenoxy) is 1. The Bertz CT molecular complexity index is 145. The van der Waals surface area contributed by atoms with Crippen molar-refractivity contribution in [3.63, 3.8) is 0 Å². The minimum atomic E-state index is -1.58. The van der Waals surface area contributed by atoms with E-state index in [0.717, 1.165) is 0 Å². The van der Waals surface area contributed by atoms with Crippen LogP contribution < -0.4 is 0 Å². The van der Waals surface area contributed by atoms with Crippen molar-refractivity contribution in [3.05, 3.63) is 0 Å². The molecule has 3 unspecified atom stereocenters. The van der Waals surface area contributed by atoms with Gasteiger partial charge in [-0.05, 0) is 0 Å². The van der Waals surface area contributed by atoms with Gasteiger partial charge in [-0.1, -0.05) is 0 Å². The van der Waals surface area contributed by atoms with E-state index in [4.69, 9.17) is 15.3 Å². The Labute approximate surface area is 56.9 Å². The summed E-state index contributed by atoms with van der Waals surface area (Å²) in [6.45, 7) is -0.214. The highest BCUT2D eigenvalue weighted by Crippen LogP contribution is 2.08. The summed E-state index contributed by atoms with van der Waals surface area (Å²) in [6.07, 6.45) is -4.31. The molecule has 3 N–H and O–H groups in total. The highest BCUT2D eigenvalue weighted by Gasteiger charge is 2.35. The van der Waals surface area contributed by atoms with Gasteiger partial charge in [-0.15, -0.1) is 0 Å². The lowest BCUT2D eigenvalue weighted by Crippen LogP contribution is -2.49. The van der Waals surface area contributed by atoms with Crippen molar-refractivity contribution in [2.75, 3.05) is 6.61 Å². The van der Waals surface area contributed by atoms with Gasteiger partial charge in [0.15, 0.2) is 0 Å². The number of carbonyl (C=O) groups is 1. The first-order valence-corrected chi connectivity index (χ1v) is 2.82. The lowest BCUT2D eigenvalue weighted by Gasteiger charge is -2.25. The average molecular weight is 148 g/mol. The molecule has 5 heteroatoms. The molecule has 1 heterocycles. The molecule has 58 valence electrons. The zero-order valence-corrected chi connectivity index (χ0v) is 5.10. The topological polar surface area (TPSA) is 87.0 Å². The zero-order chi connectivity index (χ0) is 7.72. The standard InChI is InChI=1S/C5H8O5/c6-2-1-10-5(9)4(8)3(2)7/h2-3,5-7,9H,1H2. The van der Waals surface area contributed by atoms with Gasteiger partial charge in [-0.25, -0.2) is 0 Å². The first kappa shape index (κ1) is 7.62. The summed E-state index contributed by atoms with van der Waals surface area (Å²) in [5.41, 5.74) is 0. The highest BCUT2D eigenvalue weighted by molar-refractivity contribution is 5.86. The van der Waals surface area contributed by atoms with Crippen LogP contribution in [0.15, 0.2) is 0 Å². The fraction of sp³-hybridized carbons (Fsp3) is 0.800. The second-order valence-electron chi connectivity index (χ2n) is 2.10. The van der Waals surface area contributed by atoms with Crippen molar-refractivity contribution in [3.8, 4) is 0 Å². The van der Waals surface area contributed by atoms with Gasteiger partial charge in [-0.3, -0.25) is 4.79 Å². The third-order valence-electron chi connectivity index (χ3n) is 1.32. The number of carbonyl (C=O) groups excluding carboxylic acids is 1. The van der Waals surface area contributed by atoms with Gasteiger partial charge in [-0.2, -0.15) is 0 Å². The molecular formula is C5H8O5. The molecule has 0 aromatic heterocycles. The lowest BCUT2D eigenvalue weighted by molar-refractivity contribution is -0.196. The molecule has 0 amide bonds. The van der Waals surface area contributed by atoms with Crippen LogP contribution in [-0.2, 0) is 9.53 Å². The van der Waals surface area contributed by atoms with E-state index in [9.17, 15) is 4.79 Å². The van der Waals surface area contributed by atoms with E-state index in [1.54, 1.807) is 0 Å². The molecular weight excluding hydrogens is 140 g/mol. The quantitative estimate of drug-likeness (QED) is 0.357. The Balaban J connectivity index is 2.60. The van der Waals surface area contributed by atoms with Crippen LogP contribution in [0, 0.1) is 0 Å². The van der Waals surface area contributed by atoms with Gasteiger partial charge in [0.25, 0.3) is 0 Å². The molecule has 0 saturated carbocycles. The van der Waals surface area contributed by atoms with E-state index in [-0.39, 0.29) is 6.61 Å². The number of rotatable bonds is 0. The molecule has 0 spiro atoms. The van der Waals surface area contributed by atoms with Crippen LogP contribution in [0.25, 0.3) is 0 Å². The van der Waals surface area contributed by atoms with Crippen molar-refractivity contribution >= 4 is 5.78 Å². The molecule has 0 aliphatic carbocycles. The van der Waals surface area contributed by atoms with E-state index in [2.05, 4.69) is 4.74 Å². The summed E-state index contributed by atoms with van der Waals surface area (Å²) in [6, 6.07) is 0. The lowest BCUT2D eigenvalue weighted by atomic mass is 10.1. The normalized spacial score (nSPS) is 41.9. The van der Waals surface area contributed by atoms with E-state index < -0.39 is 24.3 Å². The Morgan fingerprint density at radius 2 is 2.00 bits per heavy atom. The maximum atomic E-state index is 10.6. The number of Topliss-reactive ketones (excluding diaryl/α,β-unsaturated/α-hetero) is 1. The molecule has 0 aromatic carbocycles. The summed E-state index contributed by atoms with van der Waals surface area (Å²) < 4.78 is 4.37. The predicted octanol–water partition coefficient (Wildman–Crippen LogP) is -2.37. The predicted molar refractivity (Wildman–Crippen MR) is 29.0 cm³/mol. The fourth-order valence-corrected chi connectivity index (χ4v) is 0.699. The van der Waals surface area contributed by atoms with Crippen LogP contribution in [-0.4, -0.2) is 46.2 Å². The Morgan fingerprint density at radius 3 is 2.50 bits per heavy atom. The van der Waals surface area contributed by atoms with Crippen LogP contribution in [0.5, 0.6) is 0 Å². The SMILES string of the molecule is O=C1C(O)OCC(O)C1O. The van der Waals surface area contributed by atoms with Crippen LogP contribution in [0.4, 0.5) is 0 Å². The average Bonchev–Trinajstić information content (AvgIpc) is 1.93. The highest BCUT2D eigenvalue weighted by atomic mass is 16.6. The number of ketones is 1. The van der Waals surface area contributed by atoms with Gasteiger partial charge in [0.1, 0.15) is 12.2 Å². The zero-order valence-electron chi connectivity index (χ0n) is 5.10. The largest absolute Gasteiger partial charge is 0.388 e. The molecule has 1 aliphatic heterocycles. The number of hydrogen-bond acceptors (Lipinski definition) is 5. The van der Waals surface area contributed by atoms with Crippen LogP contribution in [0.2, 0.25) is 0 Å². The van der Waals surface area contributed by atoms with Gasteiger partial charge >= 0.3 is 0 Å². The van der Waals surface area contributed by atoms with Crippen LogP contribution >= 0.6 is 0 Å². The first-order chi connectivity index (χ1) is 4.63. The minimum absolute atomic E-state index is 0.214. The first-order valence-electron chi connectivity index (χ1n) is 2.82.